The Bertz CT molecular complexity index is 479. The van der Waals surface area contributed by atoms with Crippen molar-refractivity contribution in [3.63, 3.8) is 0 Å². The number of piperazine rings is 1. The van der Waals surface area contributed by atoms with Crippen molar-refractivity contribution < 1.29 is 23.0 Å². The normalized spacial score (nSPS) is 18.5. The van der Waals surface area contributed by atoms with Crippen LogP contribution in [0.2, 0.25) is 0 Å². The minimum atomic E-state index is -3.32. The second-order valence-electron chi connectivity index (χ2n) is 5.00. The Morgan fingerprint density at radius 2 is 2.05 bits per heavy atom. The number of benzene rings is 1. The van der Waals surface area contributed by atoms with E-state index in [0.717, 1.165) is 6.07 Å². The molecule has 1 fully saturated rings. The van der Waals surface area contributed by atoms with Gasteiger partial charge in [-0.3, -0.25) is 4.90 Å². The van der Waals surface area contributed by atoms with Crippen molar-refractivity contribution in [1.29, 1.82) is 0 Å². The van der Waals surface area contributed by atoms with Crippen LogP contribution in [0.4, 0.5) is 13.2 Å². The third-order valence-corrected chi connectivity index (χ3v) is 3.62. The zero-order chi connectivity index (χ0) is 15.5. The van der Waals surface area contributed by atoms with E-state index >= 15 is 0 Å². The lowest BCUT2D eigenvalue weighted by atomic mass is 9.98. The molecule has 118 valence electrons. The zero-order valence-corrected chi connectivity index (χ0v) is 11.8. The Kier molecular flexibility index (Phi) is 5.08. The van der Waals surface area contributed by atoms with Gasteiger partial charge in [-0.15, -0.1) is 0 Å². The van der Waals surface area contributed by atoms with E-state index in [2.05, 4.69) is 5.32 Å². The van der Waals surface area contributed by atoms with Gasteiger partial charge < -0.3 is 15.2 Å². The lowest BCUT2D eigenvalue weighted by Gasteiger charge is -2.38. The molecule has 1 saturated heterocycles. The molecule has 1 aromatic carbocycles. The van der Waals surface area contributed by atoms with Crippen molar-refractivity contribution in [2.75, 3.05) is 39.9 Å². The summed E-state index contributed by atoms with van der Waals surface area (Å²) in [5, 5.41) is 12.1. The van der Waals surface area contributed by atoms with E-state index in [1.165, 1.54) is 19.2 Å². The van der Waals surface area contributed by atoms with E-state index in [1.807, 2.05) is 0 Å². The second-order valence-corrected chi connectivity index (χ2v) is 5.00. The average molecular weight is 304 g/mol. The Morgan fingerprint density at radius 1 is 1.38 bits per heavy atom. The molecule has 4 nitrogen and oxygen atoms in total. The molecule has 0 radical (unpaired) electrons. The fourth-order valence-electron chi connectivity index (χ4n) is 2.60. The van der Waals surface area contributed by atoms with E-state index < -0.39 is 24.4 Å². The summed E-state index contributed by atoms with van der Waals surface area (Å²) in [7, 11) is 1.28. The van der Waals surface area contributed by atoms with Gasteiger partial charge in [-0.25, -0.2) is 13.2 Å². The van der Waals surface area contributed by atoms with Crippen molar-refractivity contribution in [3.8, 4) is 5.75 Å². The van der Waals surface area contributed by atoms with Crippen LogP contribution in [0.15, 0.2) is 18.2 Å². The fraction of sp³-hybridized carbons (Fsp3) is 0.571. The van der Waals surface area contributed by atoms with Crippen LogP contribution >= 0.6 is 0 Å². The van der Waals surface area contributed by atoms with E-state index in [9.17, 15) is 13.2 Å². The molecule has 1 aliphatic rings. The molecule has 1 atom stereocenters. The SMILES string of the molecule is COc1cc([C@@H](N2CCNCC2)C(F)(F)CO)ccc1F. The molecule has 0 bridgehead atoms. The molecule has 2 N–H and O–H groups in total. The molecule has 1 aromatic rings. The minimum absolute atomic E-state index is 0.0821. The molecule has 21 heavy (non-hydrogen) atoms. The molecule has 1 aliphatic heterocycles. The number of hydrogen-bond donors (Lipinski definition) is 2. The van der Waals surface area contributed by atoms with E-state index in [-0.39, 0.29) is 11.3 Å². The number of aliphatic hydroxyl groups is 1. The Labute approximate surface area is 121 Å². The van der Waals surface area contributed by atoms with Crippen molar-refractivity contribution in [2.45, 2.75) is 12.0 Å². The van der Waals surface area contributed by atoms with E-state index in [0.29, 0.717) is 26.2 Å². The summed E-state index contributed by atoms with van der Waals surface area (Å²) in [4.78, 5) is 1.60. The number of hydrogen-bond acceptors (Lipinski definition) is 4. The highest BCUT2D eigenvalue weighted by atomic mass is 19.3. The van der Waals surface area contributed by atoms with Crippen LogP contribution in [0.25, 0.3) is 0 Å². The average Bonchev–Trinajstić information content (AvgIpc) is 2.50. The number of ether oxygens (including phenoxy) is 1. The number of alkyl halides is 2. The van der Waals surface area contributed by atoms with E-state index in [4.69, 9.17) is 9.84 Å². The Balaban J connectivity index is 2.38. The molecule has 0 aromatic heterocycles. The summed E-state index contributed by atoms with van der Waals surface area (Å²) < 4.78 is 46.7. The molecule has 0 spiro atoms. The van der Waals surface area contributed by atoms with Gasteiger partial charge in [0.05, 0.1) is 7.11 Å². The molecule has 0 saturated carbocycles. The minimum Gasteiger partial charge on any atom is -0.494 e. The topological polar surface area (TPSA) is 44.7 Å². The van der Waals surface area contributed by atoms with Crippen LogP contribution in [0.1, 0.15) is 11.6 Å². The molecular formula is C14H19F3N2O2. The van der Waals surface area contributed by atoms with Gasteiger partial charge >= 0.3 is 0 Å². The standard InChI is InChI=1S/C14H19F3N2O2/c1-21-12-8-10(2-3-11(12)15)13(14(16,17)9-20)19-6-4-18-5-7-19/h2-3,8,13,18,20H,4-7,9H2,1H3/t13-/m1/s1. The van der Waals surface area contributed by atoms with Gasteiger partial charge in [-0.05, 0) is 17.7 Å². The van der Waals surface area contributed by atoms with Crippen LogP contribution in [0, 0.1) is 5.82 Å². The van der Waals surface area contributed by atoms with Crippen molar-refractivity contribution >= 4 is 0 Å². The van der Waals surface area contributed by atoms with Gasteiger partial charge in [0.25, 0.3) is 5.92 Å². The van der Waals surface area contributed by atoms with Gasteiger partial charge in [0, 0.05) is 26.2 Å². The second kappa shape index (κ2) is 6.64. The smallest absolute Gasteiger partial charge is 0.289 e. The van der Waals surface area contributed by atoms with Crippen LogP contribution < -0.4 is 10.1 Å². The summed E-state index contributed by atoms with van der Waals surface area (Å²) in [6.45, 7) is 0.786. The van der Waals surface area contributed by atoms with Crippen molar-refractivity contribution in [3.05, 3.63) is 29.6 Å². The maximum absolute atomic E-state index is 14.2. The predicted molar refractivity (Wildman–Crippen MR) is 72.2 cm³/mol. The number of aliphatic hydroxyl groups excluding tert-OH is 1. The zero-order valence-electron chi connectivity index (χ0n) is 11.8. The number of nitrogens with one attached hydrogen (secondary N) is 1. The van der Waals surface area contributed by atoms with Crippen molar-refractivity contribution in [2.24, 2.45) is 0 Å². The molecule has 0 aliphatic carbocycles. The van der Waals surface area contributed by atoms with Gasteiger partial charge in [0.2, 0.25) is 0 Å². The quantitative estimate of drug-likeness (QED) is 0.863. The highest BCUT2D eigenvalue weighted by Gasteiger charge is 2.44. The maximum atomic E-state index is 14.2. The van der Waals surface area contributed by atoms with Crippen molar-refractivity contribution in [1.82, 2.24) is 10.2 Å². The molecule has 0 unspecified atom stereocenters. The summed E-state index contributed by atoms with van der Waals surface area (Å²) in [5.74, 6) is -4.01. The van der Waals surface area contributed by atoms with Gasteiger partial charge in [0.1, 0.15) is 12.6 Å². The molecule has 0 amide bonds. The lowest BCUT2D eigenvalue weighted by Crippen LogP contribution is -2.51. The third-order valence-electron chi connectivity index (χ3n) is 3.62. The number of rotatable bonds is 5. The summed E-state index contributed by atoms with van der Waals surface area (Å²) in [6.07, 6.45) is 0. The van der Waals surface area contributed by atoms with Crippen LogP contribution in [-0.4, -0.2) is 55.8 Å². The van der Waals surface area contributed by atoms with E-state index in [1.54, 1.807) is 4.90 Å². The highest BCUT2D eigenvalue weighted by molar-refractivity contribution is 5.33. The monoisotopic (exact) mass is 304 g/mol. The number of nitrogens with zero attached hydrogens (tertiary/aromatic N) is 1. The number of methoxy groups -OCH3 is 1. The number of halogens is 3. The van der Waals surface area contributed by atoms with Gasteiger partial charge in [-0.2, -0.15) is 0 Å². The highest BCUT2D eigenvalue weighted by Crippen LogP contribution is 2.38. The van der Waals surface area contributed by atoms with Gasteiger partial charge in [-0.1, -0.05) is 6.07 Å². The Morgan fingerprint density at radius 3 is 2.62 bits per heavy atom. The first-order valence-electron chi connectivity index (χ1n) is 6.76. The maximum Gasteiger partial charge on any atom is 0.289 e. The largest absolute Gasteiger partial charge is 0.494 e. The molecule has 7 heteroatoms. The van der Waals surface area contributed by atoms with Crippen LogP contribution in [0.3, 0.4) is 0 Å². The third kappa shape index (κ3) is 3.48. The predicted octanol–water partition coefficient (Wildman–Crippen LogP) is 1.41. The van der Waals surface area contributed by atoms with Crippen LogP contribution in [0.5, 0.6) is 5.75 Å². The molecular weight excluding hydrogens is 285 g/mol. The Hall–Kier alpha value is -1.31. The van der Waals surface area contributed by atoms with Crippen LogP contribution in [-0.2, 0) is 0 Å². The summed E-state index contributed by atoms with van der Waals surface area (Å²) in [5.41, 5.74) is 0.231. The first kappa shape index (κ1) is 16.1. The summed E-state index contributed by atoms with van der Waals surface area (Å²) in [6, 6.07) is 2.38. The lowest BCUT2D eigenvalue weighted by molar-refractivity contribution is -0.118. The summed E-state index contributed by atoms with van der Waals surface area (Å²) >= 11 is 0. The first-order valence-corrected chi connectivity index (χ1v) is 6.76. The fourth-order valence-corrected chi connectivity index (χ4v) is 2.60. The first-order chi connectivity index (χ1) is 9.99. The molecule has 2 rings (SSSR count). The van der Waals surface area contributed by atoms with Gasteiger partial charge in [0.15, 0.2) is 11.6 Å². The molecule has 1 heterocycles.